The molecule has 3 nitrogen and oxygen atoms in total. The molecule has 2 rings (SSSR count). The Hall–Kier alpha value is -1.36. The second-order valence-electron chi connectivity index (χ2n) is 3.75. The molecule has 0 amide bonds. The normalized spacial score (nSPS) is 12.7. The summed E-state index contributed by atoms with van der Waals surface area (Å²) in [4.78, 5) is 0. The first kappa shape index (κ1) is 12.1. The van der Waals surface area contributed by atoms with Gasteiger partial charge in [-0.05, 0) is 47.9 Å². The van der Waals surface area contributed by atoms with Gasteiger partial charge in [0.25, 0.3) is 0 Å². The van der Waals surface area contributed by atoms with Crippen LogP contribution < -0.4 is 11.3 Å². The van der Waals surface area contributed by atoms with E-state index in [0.29, 0.717) is 0 Å². The number of furan rings is 1. The van der Waals surface area contributed by atoms with Gasteiger partial charge in [-0.15, -0.1) is 0 Å². The lowest BCUT2D eigenvalue weighted by molar-refractivity contribution is 0.554. The smallest absolute Gasteiger partial charge is 0.198 e. The van der Waals surface area contributed by atoms with E-state index in [2.05, 4.69) is 5.43 Å². The molecule has 1 unspecified atom stereocenters. The summed E-state index contributed by atoms with van der Waals surface area (Å²) in [5.41, 5.74) is 5.04. The van der Waals surface area contributed by atoms with Gasteiger partial charge in [0.15, 0.2) is 5.22 Å². The fraction of sp³-hybridized carbons (Fsp3) is 0.167. The standard InChI is InChI=1S/C12H12ClFN2O/c1-7-6-8(14)2-3-9(7)11(16-15)10-4-5-17-12(10)13/h2-6,11,16H,15H2,1H3. The number of hydrazine groups is 1. The Kier molecular flexibility index (Phi) is 3.47. The van der Waals surface area contributed by atoms with Crippen molar-refractivity contribution >= 4 is 11.6 Å². The van der Waals surface area contributed by atoms with Crippen LogP contribution in [0.2, 0.25) is 5.22 Å². The summed E-state index contributed by atoms with van der Waals surface area (Å²) in [6.45, 7) is 1.82. The van der Waals surface area contributed by atoms with Crippen molar-refractivity contribution in [3.05, 3.63) is 58.3 Å². The van der Waals surface area contributed by atoms with Gasteiger partial charge in [0.2, 0.25) is 0 Å². The fourth-order valence-electron chi connectivity index (χ4n) is 1.82. The summed E-state index contributed by atoms with van der Waals surface area (Å²) in [7, 11) is 0. The lowest BCUT2D eigenvalue weighted by Crippen LogP contribution is -2.29. The quantitative estimate of drug-likeness (QED) is 0.654. The van der Waals surface area contributed by atoms with E-state index in [0.717, 1.165) is 16.7 Å². The predicted octanol–water partition coefficient (Wildman–Crippen LogP) is 2.93. The van der Waals surface area contributed by atoms with Gasteiger partial charge in [-0.1, -0.05) is 6.07 Å². The molecular weight excluding hydrogens is 243 g/mol. The summed E-state index contributed by atoms with van der Waals surface area (Å²) in [5.74, 6) is 5.25. The van der Waals surface area contributed by atoms with E-state index in [1.807, 2.05) is 6.92 Å². The van der Waals surface area contributed by atoms with Gasteiger partial charge >= 0.3 is 0 Å². The topological polar surface area (TPSA) is 51.2 Å². The molecule has 17 heavy (non-hydrogen) atoms. The van der Waals surface area contributed by atoms with Crippen molar-refractivity contribution in [1.29, 1.82) is 0 Å². The average molecular weight is 255 g/mol. The third kappa shape index (κ3) is 2.34. The van der Waals surface area contributed by atoms with Crippen LogP contribution in [0.1, 0.15) is 22.7 Å². The molecule has 0 spiro atoms. The molecule has 90 valence electrons. The highest BCUT2D eigenvalue weighted by Gasteiger charge is 2.19. The number of benzene rings is 1. The summed E-state index contributed by atoms with van der Waals surface area (Å²) in [5, 5.41) is 0.275. The van der Waals surface area contributed by atoms with Crippen LogP contribution in [-0.4, -0.2) is 0 Å². The second kappa shape index (κ2) is 4.87. The Labute approximate surface area is 103 Å². The van der Waals surface area contributed by atoms with Crippen LogP contribution in [0.15, 0.2) is 34.9 Å². The summed E-state index contributed by atoms with van der Waals surface area (Å²) >= 11 is 5.91. The highest BCUT2D eigenvalue weighted by atomic mass is 35.5. The summed E-state index contributed by atoms with van der Waals surface area (Å²) < 4.78 is 18.1. The van der Waals surface area contributed by atoms with E-state index >= 15 is 0 Å². The van der Waals surface area contributed by atoms with Crippen LogP contribution in [0.4, 0.5) is 4.39 Å². The van der Waals surface area contributed by atoms with Crippen molar-refractivity contribution in [3.8, 4) is 0 Å². The van der Waals surface area contributed by atoms with Crippen molar-refractivity contribution in [2.45, 2.75) is 13.0 Å². The van der Waals surface area contributed by atoms with Gasteiger partial charge in [0.1, 0.15) is 5.82 Å². The van der Waals surface area contributed by atoms with Gasteiger partial charge in [0.05, 0.1) is 12.3 Å². The third-order valence-electron chi connectivity index (χ3n) is 2.67. The Balaban J connectivity index is 2.46. The zero-order valence-corrected chi connectivity index (χ0v) is 9.96. The second-order valence-corrected chi connectivity index (χ2v) is 4.09. The number of nitrogens with two attached hydrogens (primary N) is 1. The van der Waals surface area contributed by atoms with E-state index in [-0.39, 0.29) is 17.1 Å². The molecule has 1 aromatic heterocycles. The first-order chi connectivity index (χ1) is 8.13. The molecule has 0 aliphatic heterocycles. The Morgan fingerprint density at radius 3 is 2.65 bits per heavy atom. The molecular formula is C12H12ClFN2O. The number of nitrogens with one attached hydrogen (secondary N) is 1. The van der Waals surface area contributed by atoms with E-state index in [1.165, 1.54) is 18.4 Å². The van der Waals surface area contributed by atoms with Crippen LogP contribution in [-0.2, 0) is 0 Å². The van der Waals surface area contributed by atoms with Crippen molar-refractivity contribution in [2.75, 3.05) is 0 Å². The predicted molar refractivity (Wildman–Crippen MR) is 64.0 cm³/mol. The lowest BCUT2D eigenvalue weighted by Gasteiger charge is -2.17. The summed E-state index contributed by atoms with van der Waals surface area (Å²) in [6.07, 6.45) is 1.49. The first-order valence-electron chi connectivity index (χ1n) is 5.08. The Bertz CT molecular complexity index is 527. The van der Waals surface area contributed by atoms with Crippen LogP contribution in [0.5, 0.6) is 0 Å². The highest BCUT2D eigenvalue weighted by molar-refractivity contribution is 6.29. The zero-order valence-electron chi connectivity index (χ0n) is 9.21. The van der Waals surface area contributed by atoms with Crippen LogP contribution >= 0.6 is 11.6 Å². The Morgan fingerprint density at radius 2 is 2.12 bits per heavy atom. The van der Waals surface area contributed by atoms with Gasteiger partial charge in [-0.25, -0.2) is 9.82 Å². The fourth-order valence-corrected chi connectivity index (χ4v) is 2.04. The van der Waals surface area contributed by atoms with Gasteiger partial charge in [-0.2, -0.15) is 0 Å². The molecule has 0 aliphatic carbocycles. The minimum absolute atomic E-state index is 0.275. The maximum absolute atomic E-state index is 13.0. The van der Waals surface area contributed by atoms with Gasteiger partial charge in [-0.3, -0.25) is 5.84 Å². The monoisotopic (exact) mass is 254 g/mol. The van der Waals surface area contributed by atoms with E-state index in [9.17, 15) is 4.39 Å². The van der Waals surface area contributed by atoms with Crippen molar-refractivity contribution in [3.63, 3.8) is 0 Å². The number of hydrogen-bond donors (Lipinski definition) is 2. The largest absolute Gasteiger partial charge is 0.453 e. The minimum Gasteiger partial charge on any atom is -0.453 e. The first-order valence-corrected chi connectivity index (χ1v) is 5.46. The average Bonchev–Trinajstić information content (AvgIpc) is 2.69. The maximum atomic E-state index is 13.0. The van der Waals surface area contributed by atoms with Crippen LogP contribution in [0.3, 0.4) is 0 Å². The SMILES string of the molecule is Cc1cc(F)ccc1C(NN)c1ccoc1Cl. The van der Waals surface area contributed by atoms with Crippen LogP contribution in [0, 0.1) is 12.7 Å². The molecule has 1 atom stereocenters. The van der Waals surface area contributed by atoms with E-state index in [1.54, 1.807) is 12.1 Å². The molecule has 1 heterocycles. The molecule has 1 aromatic carbocycles. The molecule has 3 N–H and O–H groups in total. The Morgan fingerprint density at radius 1 is 1.35 bits per heavy atom. The van der Waals surface area contributed by atoms with E-state index in [4.69, 9.17) is 21.9 Å². The number of aryl methyl sites for hydroxylation is 1. The zero-order chi connectivity index (χ0) is 12.4. The third-order valence-corrected chi connectivity index (χ3v) is 2.97. The maximum Gasteiger partial charge on any atom is 0.198 e. The molecule has 0 radical (unpaired) electrons. The van der Waals surface area contributed by atoms with Crippen LogP contribution in [0.25, 0.3) is 0 Å². The molecule has 0 bridgehead atoms. The number of hydrogen-bond acceptors (Lipinski definition) is 3. The highest BCUT2D eigenvalue weighted by Crippen LogP contribution is 2.30. The molecule has 2 aromatic rings. The van der Waals surface area contributed by atoms with Gasteiger partial charge in [0, 0.05) is 5.56 Å². The van der Waals surface area contributed by atoms with E-state index < -0.39 is 0 Å². The number of halogens is 2. The number of rotatable bonds is 3. The molecule has 0 saturated heterocycles. The summed E-state index contributed by atoms with van der Waals surface area (Å²) in [6, 6.07) is 5.93. The van der Waals surface area contributed by atoms with Crippen molar-refractivity contribution in [2.24, 2.45) is 5.84 Å². The minimum atomic E-state index is -0.318. The van der Waals surface area contributed by atoms with Crippen molar-refractivity contribution < 1.29 is 8.81 Å². The van der Waals surface area contributed by atoms with Gasteiger partial charge < -0.3 is 4.42 Å². The molecule has 0 fully saturated rings. The molecule has 5 heteroatoms. The molecule has 0 aliphatic rings. The van der Waals surface area contributed by atoms with Crippen molar-refractivity contribution in [1.82, 2.24) is 5.43 Å². The lowest BCUT2D eigenvalue weighted by atomic mass is 9.97. The molecule has 0 saturated carbocycles.